The van der Waals surface area contributed by atoms with E-state index in [1.54, 1.807) is 0 Å². The van der Waals surface area contributed by atoms with Crippen LogP contribution in [0.2, 0.25) is 0 Å². The summed E-state index contributed by atoms with van der Waals surface area (Å²) in [6.45, 7) is 0.166. The molecular weight excluding hydrogens is 403 g/mol. The number of fused-ring (bicyclic) bond motifs is 1. The van der Waals surface area contributed by atoms with Crippen LogP contribution in [-0.4, -0.2) is 79.6 Å². The topological polar surface area (TPSA) is 79.0 Å². The van der Waals surface area contributed by atoms with Crippen molar-refractivity contribution in [2.75, 3.05) is 39.8 Å². The highest BCUT2D eigenvalue weighted by atomic mass is 19.4. The molecule has 2 aliphatic rings. The Kier molecular flexibility index (Phi) is 6.77. The van der Waals surface area contributed by atoms with E-state index in [9.17, 15) is 27.6 Å². The van der Waals surface area contributed by atoms with E-state index in [1.165, 1.54) is 25.2 Å². The molecule has 1 saturated heterocycles. The van der Waals surface area contributed by atoms with Crippen molar-refractivity contribution in [3.63, 3.8) is 0 Å². The second-order valence-corrected chi connectivity index (χ2v) is 7.58. The lowest BCUT2D eigenvalue weighted by atomic mass is 10.1. The van der Waals surface area contributed by atoms with Crippen LogP contribution in [-0.2, 0) is 4.74 Å². The molecule has 0 bridgehead atoms. The summed E-state index contributed by atoms with van der Waals surface area (Å²) in [5.74, 6) is -1.30. The number of alkyl halides is 3. The summed E-state index contributed by atoms with van der Waals surface area (Å²) in [6, 6.07) is 4.30. The SMILES string of the molecule is CN(CCCNC(=O)c1ccc2c(c1)C(=O)N(CC1CCCO1)C2=O)CC(F)(F)F. The van der Waals surface area contributed by atoms with Crippen LogP contribution in [0.25, 0.3) is 0 Å². The number of hydrogen-bond donors (Lipinski definition) is 1. The summed E-state index contributed by atoms with van der Waals surface area (Å²) in [5.41, 5.74) is 0.649. The lowest BCUT2D eigenvalue weighted by molar-refractivity contribution is -0.143. The van der Waals surface area contributed by atoms with E-state index in [1.807, 2.05) is 0 Å². The molecule has 1 atom stereocenters. The Morgan fingerprint density at radius 3 is 2.67 bits per heavy atom. The van der Waals surface area contributed by atoms with Gasteiger partial charge in [0.2, 0.25) is 0 Å². The van der Waals surface area contributed by atoms with Crippen LogP contribution < -0.4 is 5.32 Å². The van der Waals surface area contributed by atoms with E-state index in [0.717, 1.165) is 22.6 Å². The average Bonchev–Trinajstić information content (AvgIpc) is 3.26. The molecule has 7 nitrogen and oxygen atoms in total. The smallest absolute Gasteiger partial charge is 0.376 e. The van der Waals surface area contributed by atoms with E-state index in [2.05, 4.69) is 5.32 Å². The average molecular weight is 427 g/mol. The second-order valence-electron chi connectivity index (χ2n) is 7.58. The molecular formula is C20H24F3N3O4. The van der Waals surface area contributed by atoms with Gasteiger partial charge in [-0.15, -0.1) is 0 Å². The van der Waals surface area contributed by atoms with Gasteiger partial charge >= 0.3 is 6.18 Å². The number of carbonyl (C=O) groups is 3. The van der Waals surface area contributed by atoms with Crippen LogP contribution in [0.1, 0.15) is 50.3 Å². The predicted molar refractivity (Wildman–Crippen MR) is 101 cm³/mol. The highest BCUT2D eigenvalue weighted by Gasteiger charge is 2.38. The maximum atomic E-state index is 12.6. The third-order valence-electron chi connectivity index (χ3n) is 5.09. The highest BCUT2D eigenvalue weighted by molar-refractivity contribution is 6.22. The molecule has 1 aromatic carbocycles. The summed E-state index contributed by atoms with van der Waals surface area (Å²) in [7, 11) is 1.36. The van der Waals surface area contributed by atoms with Crippen molar-refractivity contribution in [1.82, 2.24) is 15.1 Å². The monoisotopic (exact) mass is 427 g/mol. The third kappa shape index (κ3) is 5.37. The van der Waals surface area contributed by atoms with E-state index < -0.39 is 30.4 Å². The molecule has 1 N–H and O–H groups in total. The molecule has 0 spiro atoms. The lowest BCUT2D eigenvalue weighted by Gasteiger charge is -2.18. The van der Waals surface area contributed by atoms with Crippen molar-refractivity contribution in [2.24, 2.45) is 0 Å². The van der Waals surface area contributed by atoms with Gasteiger partial charge in [-0.25, -0.2) is 0 Å². The van der Waals surface area contributed by atoms with Gasteiger partial charge in [0.15, 0.2) is 0 Å². The lowest BCUT2D eigenvalue weighted by Crippen LogP contribution is -2.36. The standard InChI is InChI=1S/C20H24F3N3O4/c1-25(12-20(21,22)23)8-3-7-24-17(27)13-5-6-15-16(10-13)19(29)26(18(15)28)11-14-4-2-9-30-14/h5-6,10,14H,2-4,7-9,11-12H2,1H3,(H,24,27). The Morgan fingerprint density at radius 2 is 2.00 bits per heavy atom. The molecule has 0 aliphatic carbocycles. The molecule has 10 heteroatoms. The van der Waals surface area contributed by atoms with Gasteiger partial charge in [0.1, 0.15) is 0 Å². The first-order valence-electron chi connectivity index (χ1n) is 9.81. The fourth-order valence-corrected chi connectivity index (χ4v) is 3.63. The van der Waals surface area contributed by atoms with Gasteiger partial charge in [0.25, 0.3) is 17.7 Å². The zero-order valence-electron chi connectivity index (χ0n) is 16.6. The number of nitrogens with one attached hydrogen (secondary N) is 1. The van der Waals surface area contributed by atoms with Crippen LogP contribution in [0.5, 0.6) is 0 Å². The van der Waals surface area contributed by atoms with Crippen LogP contribution in [0.3, 0.4) is 0 Å². The third-order valence-corrected chi connectivity index (χ3v) is 5.09. The number of nitrogens with zero attached hydrogens (tertiary/aromatic N) is 2. The van der Waals surface area contributed by atoms with Crippen LogP contribution >= 0.6 is 0 Å². The summed E-state index contributed by atoms with van der Waals surface area (Å²) in [6.07, 6.45) is -2.39. The molecule has 1 unspecified atom stereocenters. The van der Waals surface area contributed by atoms with Crippen LogP contribution in [0, 0.1) is 0 Å². The normalized spacial score (nSPS) is 19.0. The summed E-state index contributed by atoms with van der Waals surface area (Å²) < 4.78 is 42.4. The van der Waals surface area contributed by atoms with Gasteiger partial charge in [-0.1, -0.05) is 0 Å². The second kappa shape index (κ2) is 9.13. The Hall–Kier alpha value is -2.46. The molecule has 164 valence electrons. The maximum Gasteiger partial charge on any atom is 0.401 e. The minimum Gasteiger partial charge on any atom is -0.376 e. The Bertz CT molecular complexity index is 822. The summed E-state index contributed by atoms with van der Waals surface area (Å²) in [5, 5.41) is 2.63. The van der Waals surface area contributed by atoms with Crippen molar-refractivity contribution >= 4 is 17.7 Å². The molecule has 1 fully saturated rings. The van der Waals surface area contributed by atoms with Crippen molar-refractivity contribution < 1.29 is 32.3 Å². The van der Waals surface area contributed by atoms with Gasteiger partial charge in [-0.3, -0.25) is 24.2 Å². The minimum atomic E-state index is -4.26. The first-order valence-corrected chi connectivity index (χ1v) is 9.81. The quantitative estimate of drug-likeness (QED) is 0.508. The number of hydrogen-bond acceptors (Lipinski definition) is 5. The minimum absolute atomic E-state index is 0.162. The summed E-state index contributed by atoms with van der Waals surface area (Å²) >= 11 is 0. The van der Waals surface area contributed by atoms with Gasteiger partial charge in [-0.2, -0.15) is 13.2 Å². The number of ether oxygens (including phenoxy) is 1. The van der Waals surface area contributed by atoms with Gasteiger partial charge in [0, 0.05) is 18.7 Å². The first kappa shape index (κ1) is 22.2. The van der Waals surface area contributed by atoms with E-state index >= 15 is 0 Å². The molecule has 3 amide bonds. The van der Waals surface area contributed by atoms with Gasteiger partial charge in [0.05, 0.1) is 30.3 Å². The molecule has 0 radical (unpaired) electrons. The zero-order chi connectivity index (χ0) is 21.9. The number of rotatable bonds is 8. The Balaban J connectivity index is 1.54. The number of halogens is 3. The van der Waals surface area contributed by atoms with Crippen molar-refractivity contribution in [3.05, 3.63) is 34.9 Å². The fraction of sp³-hybridized carbons (Fsp3) is 0.550. The van der Waals surface area contributed by atoms with Crippen molar-refractivity contribution in [2.45, 2.75) is 31.5 Å². The molecule has 30 heavy (non-hydrogen) atoms. The Labute approximate surface area is 172 Å². The Morgan fingerprint density at radius 1 is 1.27 bits per heavy atom. The fourth-order valence-electron chi connectivity index (χ4n) is 3.63. The van der Waals surface area contributed by atoms with Gasteiger partial charge in [-0.05, 0) is 51.1 Å². The molecule has 2 aliphatic heterocycles. The number of benzene rings is 1. The number of imide groups is 1. The van der Waals surface area contributed by atoms with E-state index in [0.29, 0.717) is 13.0 Å². The first-order chi connectivity index (χ1) is 14.2. The van der Waals surface area contributed by atoms with Crippen LogP contribution in [0.15, 0.2) is 18.2 Å². The van der Waals surface area contributed by atoms with Crippen LogP contribution in [0.4, 0.5) is 13.2 Å². The molecule has 0 saturated carbocycles. The van der Waals surface area contributed by atoms with Crippen molar-refractivity contribution in [3.8, 4) is 0 Å². The number of amides is 3. The summed E-state index contributed by atoms with van der Waals surface area (Å²) in [4.78, 5) is 39.8. The highest BCUT2D eigenvalue weighted by Crippen LogP contribution is 2.26. The maximum absolute atomic E-state index is 12.6. The predicted octanol–water partition coefficient (Wildman–Crippen LogP) is 2.08. The van der Waals surface area contributed by atoms with E-state index in [-0.39, 0.29) is 42.4 Å². The molecule has 0 aromatic heterocycles. The van der Waals surface area contributed by atoms with E-state index in [4.69, 9.17) is 4.74 Å². The van der Waals surface area contributed by atoms with Gasteiger partial charge < -0.3 is 10.1 Å². The largest absolute Gasteiger partial charge is 0.401 e. The molecule has 1 aromatic rings. The van der Waals surface area contributed by atoms with Crippen molar-refractivity contribution in [1.29, 1.82) is 0 Å². The molecule has 2 heterocycles. The zero-order valence-corrected chi connectivity index (χ0v) is 16.6. The molecule has 3 rings (SSSR count). The number of carbonyl (C=O) groups excluding carboxylic acids is 3.